The van der Waals surface area contributed by atoms with E-state index in [1.807, 2.05) is 6.92 Å². The first-order chi connectivity index (χ1) is 11.2. The van der Waals surface area contributed by atoms with Crippen LogP contribution in [0.5, 0.6) is 5.88 Å². The maximum absolute atomic E-state index is 12.8. The Morgan fingerprint density at radius 1 is 1.48 bits per heavy atom. The summed E-state index contributed by atoms with van der Waals surface area (Å²) in [6.07, 6.45) is -1.84. The third-order valence-corrected chi connectivity index (χ3v) is 4.05. The molecule has 1 aliphatic rings. The summed E-state index contributed by atoms with van der Waals surface area (Å²) in [6, 6.07) is 2.57. The van der Waals surface area contributed by atoms with E-state index in [2.05, 4.69) is 9.72 Å². The molecule has 0 saturated carbocycles. The van der Waals surface area contributed by atoms with Crippen molar-refractivity contribution in [1.29, 1.82) is 0 Å². The molecule has 142 valence electrons. The van der Waals surface area contributed by atoms with Gasteiger partial charge in [-0.2, -0.15) is 8.78 Å². The van der Waals surface area contributed by atoms with E-state index in [4.69, 9.17) is 5.73 Å². The van der Waals surface area contributed by atoms with Gasteiger partial charge in [-0.1, -0.05) is 6.92 Å². The number of hydrogen-bond donors (Lipinski definition) is 1. The molecule has 0 spiro atoms. The first kappa shape index (κ1) is 21.4. The molecule has 25 heavy (non-hydrogen) atoms. The molecule has 5 nitrogen and oxygen atoms in total. The van der Waals surface area contributed by atoms with E-state index < -0.39 is 19.0 Å². The Labute approximate surface area is 148 Å². The van der Waals surface area contributed by atoms with Crippen LogP contribution in [0.15, 0.2) is 18.3 Å². The van der Waals surface area contributed by atoms with Crippen LogP contribution in [-0.2, 0) is 0 Å². The molecule has 10 heteroatoms. The maximum Gasteiger partial charge on any atom is 0.340 e. The normalized spacial score (nSPS) is 20.5. The van der Waals surface area contributed by atoms with Crippen LogP contribution in [0.25, 0.3) is 0 Å². The summed E-state index contributed by atoms with van der Waals surface area (Å²) >= 11 is 0. The lowest BCUT2D eigenvalue weighted by atomic mass is 9.90. The number of carbonyl (C=O) groups excluding carboxylic acids is 1. The average molecular weight is 386 g/mol. The van der Waals surface area contributed by atoms with Crippen LogP contribution in [0.3, 0.4) is 0 Å². The van der Waals surface area contributed by atoms with Crippen molar-refractivity contribution in [1.82, 2.24) is 9.88 Å². The van der Waals surface area contributed by atoms with E-state index in [1.165, 1.54) is 18.3 Å². The smallest absolute Gasteiger partial charge is 0.340 e. The second-order valence-corrected chi connectivity index (χ2v) is 6.23. The molecule has 1 fully saturated rings. The molecule has 1 amide bonds. The number of nitrogens with zero attached hydrogens (tertiary/aromatic N) is 2. The molecule has 0 bridgehead atoms. The fraction of sp³-hybridized carbons (Fsp3) is 0.600. The lowest BCUT2D eigenvalue weighted by Gasteiger charge is -2.22. The number of alkyl halides is 4. The van der Waals surface area contributed by atoms with E-state index in [-0.39, 0.29) is 35.2 Å². The summed E-state index contributed by atoms with van der Waals surface area (Å²) < 4.78 is 54.2. The molecule has 1 aromatic rings. The number of carbonyl (C=O) groups is 1. The van der Waals surface area contributed by atoms with Gasteiger partial charge < -0.3 is 15.4 Å². The number of halogens is 5. The Morgan fingerprint density at radius 3 is 2.64 bits per heavy atom. The van der Waals surface area contributed by atoms with Gasteiger partial charge in [-0.3, -0.25) is 4.79 Å². The zero-order valence-electron chi connectivity index (χ0n) is 13.6. The van der Waals surface area contributed by atoms with Crippen molar-refractivity contribution in [3.8, 4) is 5.88 Å². The third kappa shape index (κ3) is 5.18. The van der Waals surface area contributed by atoms with Gasteiger partial charge in [0.25, 0.3) is 5.91 Å². The van der Waals surface area contributed by atoms with Gasteiger partial charge >= 0.3 is 12.3 Å². The van der Waals surface area contributed by atoms with Crippen molar-refractivity contribution < 1.29 is 27.1 Å². The predicted octanol–water partition coefficient (Wildman–Crippen LogP) is 2.59. The van der Waals surface area contributed by atoms with Crippen LogP contribution in [-0.4, -0.2) is 54.4 Å². The molecule has 0 aromatic carbocycles. The van der Waals surface area contributed by atoms with Crippen molar-refractivity contribution in [3.63, 3.8) is 0 Å². The largest absolute Gasteiger partial charge is 0.471 e. The molecule has 2 N–H and O–H groups in total. The second kappa shape index (κ2) is 8.18. The minimum atomic E-state index is -4.25. The highest BCUT2D eigenvalue weighted by Crippen LogP contribution is 2.29. The van der Waals surface area contributed by atoms with Crippen molar-refractivity contribution in [2.45, 2.75) is 25.7 Å². The minimum absolute atomic E-state index is 0. The lowest BCUT2D eigenvalue weighted by molar-refractivity contribution is -0.148. The second-order valence-electron chi connectivity index (χ2n) is 6.23. The minimum Gasteiger partial charge on any atom is -0.471 e. The van der Waals surface area contributed by atoms with Gasteiger partial charge in [-0.15, -0.1) is 12.4 Å². The van der Waals surface area contributed by atoms with Gasteiger partial charge in [0.1, 0.15) is 0 Å². The maximum atomic E-state index is 12.8. The van der Waals surface area contributed by atoms with Crippen LogP contribution in [0.2, 0.25) is 0 Å². The van der Waals surface area contributed by atoms with Crippen LogP contribution in [0.1, 0.15) is 23.7 Å². The van der Waals surface area contributed by atoms with Crippen LogP contribution in [0.4, 0.5) is 17.6 Å². The van der Waals surface area contributed by atoms with E-state index in [1.54, 1.807) is 4.90 Å². The van der Waals surface area contributed by atoms with Gasteiger partial charge in [-0.05, 0) is 24.4 Å². The molecule has 0 aliphatic carbocycles. The highest BCUT2D eigenvalue weighted by molar-refractivity contribution is 5.94. The van der Waals surface area contributed by atoms with Gasteiger partial charge in [0.15, 0.2) is 6.61 Å². The van der Waals surface area contributed by atoms with E-state index in [0.717, 1.165) is 6.42 Å². The molecular weight excluding hydrogens is 366 g/mol. The van der Waals surface area contributed by atoms with E-state index >= 15 is 0 Å². The number of hydrogen-bond acceptors (Lipinski definition) is 4. The zero-order chi connectivity index (χ0) is 18.0. The number of ether oxygens (including phenoxy) is 1. The Balaban J connectivity index is 0.00000312. The quantitative estimate of drug-likeness (QED) is 0.764. The first-order valence-corrected chi connectivity index (χ1v) is 7.41. The van der Waals surface area contributed by atoms with Gasteiger partial charge in [0, 0.05) is 25.4 Å². The molecule has 1 unspecified atom stereocenters. The van der Waals surface area contributed by atoms with E-state index in [0.29, 0.717) is 19.6 Å². The third-order valence-electron chi connectivity index (χ3n) is 4.05. The Bertz CT molecular complexity index is 589. The summed E-state index contributed by atoms with van der Waals surface area (Å²) in [7, 11) is 0. The fourth-order valence-corrected chi connectivity index (χ4v) is 2.37. The monoisotopic (exact) mass is 385 g/mol. The molecule has 0 radical (unpaired) electrons. The topological polar surface area (TPSA) is 68.5 Å². The lowest BCUT2D eigenvalue weighted by Crippen LogP contribution is -2.34. The number of rotatable bonds is 6. The SMILES string of the molecule is CC1(CN)CCN(C(=O)c2ccc(OCC(F)(F)C(F)F)nc2)C1.Cl. The number of aromatic nitrogens is 1. The van der Waals surface area contributed by atoms with Crippen molar-refractivity contribution in [3.05, 3.63) is 23.9 Å². The highest BCUT2D eigenvalue weighted by atomic mass is 35.5. The van der Waals surface area contributed by atoms with E-state index in [9.17, 15) is 22.4 Å². The van der Waals surface area contributed by atoms with Gasteiger partial charge in [0.05, 0.1) is 5.56 Å². The number of pyridine rings is 1. The Morgan fingerprint density at radius 2 is 2.16 bits per heavy atom. The molecule has 1 aliphatic heterocycles. The zero-order valence-corrected chi connectivity index (χ0v) is 14.4. The summed E-state index contributed by atoms with van der Waals surface area (Å²) in [4.78, 5) is 17.7. The molecule has 1 saturated heterocycles. The van der Waals surface area contributed by atoms with Crippen molar-refractivity contribution in [2.75, 3.05) is 26.2 Å². The number of amides is 1. The summed E-state index contributed by atoms with van der Waals surface area (Å²) in [6.45, 7) is 2.09. The molecule has 1 aromatic heterocycles. The van der Waals surface area contributed by atoms with Crippen molar-refractivity contribution >= 4 is 18.3 Å². The molecule has 2 rings (SSSR count). The van der Waals surface area contributed by atoms with Crippen LogP contribution < -0.4 is 10.5 Å². The van der Waals surface area contributed by atoms with Crippen LogP contribution in [0, 0.1) is 5.41 Å². The summed E-state index contributed by atoms with van der Waals surface area (Å²) in [5.74, 6) is -4.75. The summed E-state index contributed by atoms with van der Waals surface area (Å²) in [5, 5.41) is 0. The number of likely N-dealkylation sites (tertiary alicyclic amines) is 1. The standard InChI is InChI=1S/C15H19F4N3O2.ClH/c1-14(7-20)4-5-22(8-14)12(23)10-2-3-11(21-6-10)24-9-15(18,19)13(16)17;/h2-3,6,13H,4-5,7-9,20H2,1H3;1H. The first-order valence-electron chi connectivity index (χ1n) is 7.41. The number of nitrogens with two attached hydrogens (primary N) is 1. The van der Waals surface area contributed by atoms with Gasteiger partial charge in [-0.25, -0.2) is 13.8 Å². The molecule has 1 atom stereocenters. The summed E-state index contributed by atoms with van der Waals surface area (Å²) in [5.41, 5.74) is 5.85. The Hall–Kier alpha value is -1.61. The predicted molar refractivity (Wildman–Crippen MR) is 85.6 cm³/mol. The molecular formula is C15H20ClF4N3O2. The molecule has 2 heterocycles. The average Bonchev–Trinajstić information content (AvgIpc) is 2.96. The van der Waals surface area contributed by atoms with Crippen molar-refractivity contribution in [2.24, 2.45) is 11.1 Å². The van der Waals surface area contributed by atoms with Crippen LogP contribution >= 0.6 is 12.4 Å². The highest BCUT2D eigenvalue weighted by Gasteiger charge is 2.42. The van der Waals surface area contributed by atoms with Gasteiger partial charge in [0.2, 0.25) is 5.88 Å². The fourth-order valence-electron chi connectivity index (χ4n) is 2.37. The Kier molecular flexibility index (Phi) is 7.01.